The first-order valence-corrected chi connectivity index (χ1v) is 18.9. The number of nitrogens with zero attached hydrogens (tertiary/aromatic N) is 5. The zero-order valence-corrected chi connectivity index (χ0v) is 30.7. The smallest absolute Gasteiger partial charge is 0.302 e. The molecule has 2 aromatic heterocycles. The number of aryl methyl sites for hydroxylation is 1. The lowest BCUT2D eigenvalue weighted by Crippen LogP contribution is -2.46. The summed E-state index contributed by atoms with van der Waals surface area (Å²) in [6, 6.07) is 9.89. The van der Waals surface area contributed by atoms with E-state index in [1.165, 1.54) is 19.1 Å². The van der Waals surface area contributed by atoms with Gasteiger partial charge in [0.2, 0.25) is 5.91 Å². The molecule has 1 saturated heterocycles. The fourth-order valence-corrected chi connectivity index (χ4v) is 8.41. The molecular formula is C35H42Cl2N6O6S. The minimum Gasteiger partial charge on any atom is -0.487 e. The molecule has 1 aliphatic heterocycles. The Labute approximate surface area is 302 Å². The van der Waals surface area contributed by atoms with Crippen LogP contribution in [0, 0.1) is 6.92 Å². The standard InChI is InChI=1S/C35H42Cl2N6O6S/c1-24-20-30(42-18-13-38-22-42)26-8-6-10-31(34(26)40-24)49-21-27-28(36)11-12-32(33(27)37)50(46,47)23-43-16-7-9-29(43)35(45)39-14-17-41(3)15-4-5-19-48-25(2)44/h6,8,10-13,18,20,22,29H,4-5,7,9,14-17,19,21,23H2,1-3H3,(H,39,45). The summed E-state index contributed by atoms with van der Waals surface area (Å²) in [5.41, 5.74) is 2.64. The highest BCUT2D eigenvalue weighted by molar-refractivity contribution is 7.91. The van der Waals surface area contributed by atoms with E-state index in [0.717, 1.165) is 36.2 Å². The van der Waals surface area contributed by atoms with Crippen molar-refractivity contribution < 1.29 is 27.5 Å². The molecule has 0 bridgehead atoms. The van der Waals surface area contributed by atoms with Gasteiger partial charge in [-0.1, -0.05) is 35.3 Å². The van der Waals surface area contributed by atoms with Crippen LogP contribution < -0.4 is 10.1 Å². The van der Waals surface area contributed by atoms with Crippen molar-refractivity contribution in [2.24, 2.45) is 0 Å². The molecule has 268 valence electrons. The number of hydrogen-bond acceptors (Lipinski definition) is 10. The van der Waals surface area contributed by atoms with Crippen molar-refractivity contribution in [2.75, 3.05) is 45.7 Å². The quantitative estimate of drug-likeness (QED) is 0.120. The van der Waals surface area contributed by atoms with Gasteiger partial charge >= 0.3 is 5.97 Å². The zero-order chi connectivity index (χ0) is 35.8. The van der Waals surface area contributed by atoms with Crippen molar-refractivity contribution in [2.45, 2.75) is 57.1 Å². The van der Waals surface area contributed by atoms with Crippen LogP contribution in [-0.2, 0) is 30.8 Å². The highest BCUT2D eigenvalue weighted by Crippen LogP contribution is 2.35. The van der Waals surface area contributed by atoms with E-state index in [0.29, 0.717) is 55.9 Å². The van der Waals surface area contributed by atoms with Crippen LogP contribution in [0.25, 0.3) is 16.6 Å². The van der Waals surface area contributed by atoms with Crippen LogP contribution in [0.15, 0.2) is 60.0 Å². The summed E-state index contributed by atoms with van der Waals surface area (Å²) in [5, 5.41) is 4.06. The maximum Gasteiger partial charge on any atom is 0.302 e. The maximum absolute atomic E-state index is 13.8. The number of sulfone groups is 1. The number of likely N-dealkylation sites (tertiary alicyclic amines) is 1. The van der Waals surface area contributed by atoms with Crippen LogP contribution in [0.1, 0.15) is 43.9 Å². The highest BCUT2D eigenvalue weighted by atomic mass is 35.5. The number of para-hydroxylation sites is 1. The van der Waals surface area contributed by atoms with E-state index in [1.54, 1.807) is 23.5 Å². The Morgan fingerprint density at radius 2 is 1.96 bits per heavy atom. The second kappa shape index (κ2) is 17.0. The molecule has 12 nitrogen and oxygen atoms in total. The Hall–Kier alpha value is -3.75. The monoisotopic (exact) mass is 744 g/mol. The van der Waals surface area contributed by atoms with Crippen molar-refractivity contribution >= 4 is 55.8 Å². The van der Waals surface area contributed by atoms with E-state index in [9.17, 15) is 18.0 Å². The molecule has 1 aliphatic rings. The highest BCUT2D eigenvalue weighted by Gasteiger charge is 2.35. The average molecular weight is 746 g/mol. The van der Waals surface area contributed by atoms with Crippen LogP contribution >= 0.6 is 23.2 Å². The number of ether oxygens (including phenoxy) is 2. The van der Waals surface area contributed by atoms with Crippen molar-refractivity contribution in [1.29, 1.82) is 0 Å². The third-order valence-corrected chi connectivity index (χ3v) is 11.2. The molecule has 5 rings (SSSR count). The molecular weight excluding hydrogens is 703 g/mol. The van der Waals surface area contributed by atoms with Crippen LogP contribution in [0.3, 0.4) is 0 Å². The molecule has 1 atom stereocenters. The lowest BCUT2D eigenvalue weighted by molar-refractivity contribution is -0.141. The van der Waals surface area contributed by atoms with Gasteiger partial charge in [-0.25, -0.2) is 18.4 Å². The van der Waals surface area contributed by atoms with Gasteiger partial charge in [-0.05, 0) is 70.5 Å². The van der Waals surface area contributed by atoms with Crippen LogP contribution in [-0.4, -0.2) is 96.4 Å². The normalized spacial score (nSPS) is 15.1. The first kappa shape index (κ1) is 37.5. The molecule has 15 heteroatoms. The minimum absolute atomic E-state index is 0.0166. The van der Waals surface area contributed by atoms with E-state index >= 15 is 0 Å². The van der Waals surface area contributed by atoms with E-state index in [-0.39, 0.29) is 39.3 Å². The van der Waals surface area contributed by atoms with Gasteiger partial charge in [0.25, 0.3) is 0 Å². The number of benzene rings is 2. The Kier molecular flexibility index (Phi) is 12.7. The van der Waals surface area contributed by atoms with Gasteiger partial charge in [0, 0.05) is 60.6 Å². The summed E-state index contributed by atoms with van der Waals surface area (Å²) in [5.74, 6) is -0.358. The summed E-state index contributed by atoms with van der Waals surface area (Å²) in [7, 11) is -1.99. The lowest BCUT2D eigenvalue weighted by atomic mass is 10.1. The third kappa shape index (κ3) is 9.32. The predicted octanol–water partition coefficient (Wildman–Crippen LogP) is 5.20. The molecule has 4 aromatic rings. The summed E-state index contributed by atoms with van der Waals surface area (Å²) in [6.07, 6.45) is 8.15. The summed E-state index contributed by atoms with van der Waals surface area (Å²) in [6.45, 7) is 5.92. The van der Waals surface area contributed by atoms with Gasteiger partial charge in [0.15, 0.2) is 9.84 Å². The van der Waals surface area contributed by atoms with Crippen LogP contribution in [0.4, 0.5) is 0 Å². The van der Waals surface area contributed by atoms with Gasteiger partial charge in [0.1, 0.15) is 23.7 Å². The Bertz CT molecular complexity index is 1920. The second-order valence-corrected chi connectivity index (χ2v) is 15.1. The number of likely N-dealkylation sites (N-methyl/N-ethyl adjacent to an activating group) is 1. The molecule has 50 heavy (non-hydrogen) atoms. The van der Waals surface area contributed by atoms with Gasteiger partial charge in [-0.2, -0.15) is 0 Å². The van der Waals surface area contributed by atoms with Gasteiger partial charge in [-0.3, -0.25) is 14.5 Å². The van der Waals surface area contributed by atoms with Crippen molar-refractivity contribution in [3.63, 3.8) is 0 Å². The van der Waals surface area contributed by atoms with Crippen molar-refractivity contribution in [3.8, 4) is 11.4 Å². The number of pyridine rings is 1. The molecule has 1 amide bonds. The van der Waals surface area contributed by atoms with Gasteiger partial charge in [0.05, 0.1) is 34.6 Å². The van der Waals surface area contributed by atoms with Gasteiger partial charge in [-0.15, -0.1) is 0 Å². The Balaban J connectivity index is 1.22. The second-order valence-electron chi connectivity index (χ2n) is 12.4. The van der Waals surface area contributed by atoms with Crippen LogP contribution in [0.2, 0.25) is 10.0 Å². The first-order chi connectivity index (χ1) is 23.9. The predicted molar refractivity (Wildman–Crippen MR) is 193 cm³/mol. The molecule has 3 heterocycles. The largest absolute Gasteiger partial charge is 0.487 e. The Morgan fingerprint density at radius 3 is 2.72 bits per heavy atom. The molecule has 1 unspecified atom stereocenters. The molecule has 0 radical (unpaired) electrons. The minimum atomic E-state index is -3.95. The number of halogens is 2. The van der Waals surface area contributed by atoms with E-state index in [2.05, 4.69) is 15.2 Å². The number of unbranched alkanes of at least 4 members (excludes halogenated alkanes) is 1. The van der Waals surface area contributed by atoms with Crippen molar-refractivity contribution in [1.82, 2.24) is 29.7 Å². The average Bonchev–Trinajstić information content (AvgIpc) is 3.77. The Morgan fingerprint density at radius 1 is 1.14 bits per heavy atom. The van der Waals surface area contributed by atoms with Crippen LogP contribution in [0.5, 0.6) is 5.75 Å². The number of carbonyl (C=O) groups is 2. The molecule has 0 aliphatic carbocycles. The number of esters is 1. The number of carbonyl (C=O) groups excluding carboxylic acids is 2. The topological polar surface area (TPSA) is 136 Å². The van der Waals surface area contributed by atoms with E-state index < -0.39 is 15.9 Å². The third-order valence-electron chi connectivity index (χ3n) is 8.58. The molecule has 2 aromatic carbocycles. The van der Waals surface area contributed by atoms with Gasteiger partial charge < -0.3 is 24.3 Å². The molecule has 0 spiro atoms. The number of hydrogen-bond donors (Lipinski definition) is 1. The number of aromatic nitrogens is 3. The summed E-state index contributed by atoms with van der Waals surface area (Å²) >= 11 is 13.3. The van der Waals surface area contributed by atoms with E-state index in [1.807, 2.05) is 42.9 Å². The lowest BCUT2D eigenvalue weighted by Gasteiger charge is -2.24. The molecule has 1 fully saturated rings. The number of imidazole rings is 1. The first-order valence-electron chi connectivity index (χ1n) is 16.5. The number of nitrogens with one attached hydrogen (secondary N) is 1. The number of fused-ring (bicyclic) bond motifs is 1. The number of rotatable bonds is 16. The van der Waals surface area contributed by atoms with E-state index in [4.69, 9.17) is 37.7 Å². The number of amides is 1. The summed E-state index contributed by atoms with van der Waals surface area (Å²) < 4.78 is 40.6. The maximum atomic E-state index is 13.8. The summed E-state index contributed by atoms with van der Waals surface area (Å²) in [4.78, 5) is 36.6. The zero-order valence-electron chi connectivity index (χ0n) is 28.4. The molecule has 0 saturated carbocycles. The fraction of sp³-hybridized carbons (Fsp3) is 0.429. The fourth-order valence-electron chi connectivity index (χ4n) is 6.02. The SMILES string of the molecule is CC(=O)OCCCCN(C)CCNC(=O)C1CCCN1CS(=O)(=O)c1ccc(Cl)c(COc2cccc3c(-n4ccnc4)cc(C)nc23)c1Cl. The van der Waals surface area contributed by atoms with Crippen molar-refractivity contribution in [3.05, 3.63) is 76.4 Å². The molecule has 1 N–H and O–H groups in total.